The molecule has 0 radical (unpaired) electrons. The van der Waals surface area contributed by atoms with Crippen LogP contribution in [0, 0.1) is 11.3 Å². The molecule has 0 bridgehead atoms. The topological polar surface area (TPSA) is 99.1 Å². The van der Waals surface area contributed by atoms with Gasteiger partial charge in [-0.05, 0) is 18.4 Å². The van der Waals surface area contributed by atoms with Crippen LogP contribution in [0.2, 0.25) is 0 Å². The van der Waals surface area contributed by atoms with Crippen LogP contribution in [0.3, 0.4) is 0 Å². The van der Waals surface area contributed by atoms with Gasteiger partial charge in [0.05, 0.1) is 6.10 Å². The first-order valence-corrected chi connectivity index (χ1v) is 5.68. The summed E-state index contributed by atoms with van der Waals surface area (Å²) in [6.45, 7) is 3.46. The molecule has 2 unspecified atom stereocenters. The number of hydrogen-bond donors (Lipinski definition) is 3. The number of nitrogens with zero attached hydrogens (tertiary/aromatic N) is 3. The molecule has 1 fully saturated rings. The van der Waals surface area contributed by atoms with Crippen molar-refractivity contribution in [3.05, 3.63) is 18.0 Å². The Bertz CT molecular complexity index is 422. The van der Waals surface area contributed by atoms with Gasteiger partial charge in [0, 0.05) is 19.3 Å². The molecule has 6 nitrogen and oxygen atoms in total. The first kappa shape index (κ1) is 11.8. The highest BCUT2D eigenvalue weighted by molar-refractivity contribution is 5.93. The number of nitrogen functional groups attached to an aromatic ring is 1. The Hall–Kier alpha value is -1.69. The van der Waals surface area contributed by atoms with E-state index in [-0.39, 0.29) is 17.9 Å². The summed E-state index contributed by atoms with van der Waals surface area (Å²) >= 11 is 0. The third kappa shape index (κ3) is 2.52. The fraction of sp³-hybridized carbons (Fsp3) is 0.545. The third-order valence-electron chi connectivity index (χ3n) is 3.06. The third-order valence-corrected chi connectivity index (χ3v) is 3.06. The summed E-state index contributed by atoms with van der Waals surface area (Å²) in [7, 11) is 0. The number of nitrogens with one attached hydrogen (secondary N) is 1. The predicted molar refractivity (Wildman–Crippen MR) is 65.0 cm³/mol. The smallest absolute Gasteiger partial charge is 0.225 e. The Morgan fingerprint density at radius 3 is 3.06 bits per heavy atom. The van der Waals surface area contributed by atoms with Crippen LogP contribution in [0.1, 0.15) is 19.0 Å². The molecule has 17 heavy (non-hydrogen) atoms. The van der Waals surface area contributed by atoms with Crippen molar-refractivity contribution in [2.24, 2.45) is 11.7 Å². The molecule has 0 spiro atoms. The van der Waals surface area contributed by atoms with Crippen LogP contribution in [-0.4, -0.2) is 40.1 Å². The number of nitrogens with two attached hydrogens (primary N) is 1. The highest BCUT2D eigenvalue weighted by Crippen LogP contribution is 2.20. The number of hydrogen-bond acceptors (Lipinski definition) is 5. The molecule has 2 rings (SSSR count). The molecule has 0 amide bonds. The van der Waals surface area contributed by atoms with E-state index in [9.17, 15) is 5.11 Å². The van der Waals surface area contributed by atoms with Crippen LogP contribution in [0.4, 0.5) is 5.95 Å². The van der Waals surface area contributed by atoms with Crippen molar-refractivity contribution >= 4 is 11.8 Å². The van der Waals surface area contributed by atoms with E-state index in [0.717, 1.165) is 19.5 Å². The fourth-order valence-corrected chi connectivity index (χ4v) is 1.97. The summed E-state index contributed by atoms with van der Waals surface area (Å²) in [5, 5.41) is 17.0. The van der Waals surface area contributed by atoms with E-state index in [1.165, 1.54) is 0 Å². The second-order valence-electron chi connectivity index (χ2n) is 4.43. The largest absolute Gasteiger partial charge is 0.393 e. The number of amidine groups is 1. The fourth-order valence-electron chi connectivity index (χ4n) is 1.97. The molecule has 1 aliphatic heterocycles. The molecule has 92 valence electrons. The summed E-state index contributed by atoms with van der Waals surface area (Å²) in [4.78, 5) is 10.4. The monoisotopic (exact) mass is 235 g/mol. The van der Waals surface area contributed by atoms with Crippen LogP contribution in [0.15, 0.2) is 12.3 Å². The van der Waals surface area contributed by atoms with Gasteiger partial charge >= 0.3 is 0 Å². The Kier molecular flexibility index (Phi) is 3.23. The van der Waals surface area contributed by atoms with E-state index in [4.69, 9.17) is 11.1 Å². The van der Waals surface area contributed by atoms with E-state index in [0.29, 0.717) is 11.6 Å². The van der Waals surface area contributed by atoms with Gasteiger partial charge in [-0.1, -0.05) is 6.92 Å². The van der Waals surface area contributed by atoms with Gasteiger partial charge in [0.2, 0.25) is 5.95 Å². The van der Waals surface area contributed by atoms with Gasteiger partial charge in [0.1, 0.15) is 11.5 Å². The maximum Gasteiger partial charge on any atom is 0.225 e. The Morgan fingerprint density at radius 1 is 1.65 bits per heavy atom. The molecule has 1 aromatic heterocycles. The number of aliphatic hydroxyl groups is 1. The lowest BCUT2D eigenvalue weighted by Gasteiger charge is -2.34. The van der Waals surface area contributed by atoms with Crippen molar-refractivity contribution < 1.29 is 5.11 Å². The molecule has 0 aliphatic carbocycles. The quantitative estimate of drug-likeness (QED) is 0.494. The van der Waals surface area contributed by atoms with Crippen molar-refractivity contribution in [1.82, 2.24) is 9.97 Å². The SMILES string of the molecule is CC1CN(c2nccc(C(=N)N)n2)CCC1O. The number of anilines is 1. The Balaban J connectivity index is 2.17. The normalized spacial score (nSPS) is 24.7. The summed E-state index contributed by atoms with van der Waals surface area (Å²) in [5.41, 5.74) is 5.83. The van der Waals surface area contributed by atoms with Gasteiger partial charge in [0.25, 0.3) is 0 Å². The van der Waals surface area contributed by atoms with Gasteiger partial charge in [0.15, 0.2) is 0 Å². The van der Waals surface area contributed by atoms with Crippen LogP contribution in [0.25, 0.3) is 0 Å². The maximum atomic E-state index is 9.66. The highest BCUT2D eigenvalue weighted by Gasteiger charge is 2.25. The first-order valence-electron chi connectivity index (χ1n) is 5.68. The van der Waals surface area contributed by atoms with E-state index in [1.54, 1.807) is 12.3 Å². The number of piperidine rings is 1. The number of aromatic nitrogens is 2. The molecule has 2 heterocycles. The average Bonchev–Trinajstić information content (AvgIpc) is 2.33. The molecule has 1 saturated heterocycles. The standard InChI is InChI=1S/C11H17N5O/c1-7-6-16(5-3-9(7)17)11-14-4-2-8(15-11)10(12)13/h2,4,7,9,17H,3,5-6H2,1H3,(H3,12,13). The zero-order valence-electron chi connectivity index (χ0n) is 9.80. The molecule has 1 aliphatic rings. The van der Waals surface area contributed by atoms with E-state index < -0.39 is 0 Å². The summed E-state index contributed by atoms with van der Waals surface area (Å²) < 4.78 is 0. The molecular weight excluding hydrogens is 218 g/mol. The molecule has 6 heteroatoms. The minimum atomic E-state index is -0.248. The molecule has 4 N–H and O–H groups in total. The summed E-state index contributed by atoms with van der Waals surface area (Å²) in [6, 6.07) is 1.62. The van der Waals surface area contributed by atoms with Crippen molar-refractivity contribution in [1.29, 1.82) is 5.41 Å². The van der Waals surface area contributed by atoms with Gasteiger partial charge < -0.3 is 15.7 Å². The average molecular weight is 235 g/mol. The lowest BCUT2D eigenvalue weighted by atomic mass is 9.97. The van der Waals surface area contributed by atoms with Gasteiger partial charge in [-0.3, -0.25) is 5.41 Å². The lowest BCUT2D eigenvalue weighted by Crippen LogP contribution is -2.42. The second kappa shape index (κ2) is 4.67. The van der Waals surface area contributed by atoms with Crippen molar-refractivity contribution in [3.63, 3.8) is 0 Å². The van der Waals surface area contributed by atoms with Crippen molar-refractivity contribution in [3.8, 4) is 0 Å². The summed E-state index contributed by atoms with van der Waals surface area (Å²) in [5.74, 6) is 0.725. The van der Waals surface area contributed by atoms with Crippen LogP contribution < -0.4 is 10.6 Å². The molecule has 0 aromatic carbocycles. The molecular formula is C11H17N5O. The minimum absolute atomic E-state index is 0.0567. The molecule has 1 aromatic rings. The van der Waals surface area contributed by atoms with E-state index in [2.05, 4.69) is 9.97 Å². The second-order valence-corrected chi connectivity index (χ2v) is 4.43. The zero-order chi connectivity index (χ0) is 12.4. The predicted octanol–water partition coefficient (Wildman–Crippen LogP) is -0.0322. The lowest BCUT2D eigenvalue weighted by molar-refractivity contribution is 0.0966. The van der Waals surface area contributed by atoms with Gasteiger partial charge in [-0.15, -0.1) is 0 Å². The summed E-state index contributed by atoms with van der Waals surface area (Å²) in [6.07, 6.45) is 2.08. The zero-order valence-corrected chi connectivity index (χ0v) is 9.80. The van der Waals surface area contributed by atoms with Gasteiger partial charge in [-0.2, -0.15) is 0 Å². The minimum Gasteiger partial charge on any atom is -0.393 e. The van der Waals surface area contributed by atoms with Crippen molar-refractivity contribution in [2.75, 3.05) is 18.0 Å². The Labute approximate surface area is 100.0 Å². The van der Waals surface area contributed by atoms with Crippen molar-refractivity contribution in [2.45, 2.75) is 19.4 Å². The Morgan fingerprint density at radius 2 is 2.41 bits per heavy atom. The van der Waals surface area contributed by atoms with Crippen LogP contribution in [-0.2, 0) is 0 Å². The number of rotatable bonds is 2. The van der Waals surface area contributed by atoms with E-state index >= 15 is 0 Å². The van der Waals surface area contributed by atoms with Crippen LogP contribution in [0.5, 0.6) is 0 Å². The number of aliphatic hydroxyl groups excluding tert-OH is 1. The van der Waals surface area contributed by atoms with Crippen LogP contribution >= 0.6 is 0 Å². The van der Waals surface area contributed by atoms with Gasteiger partial charge in [-0.25, -0.2) is 9.97 Å². The highest BCUT2D eigenvalue weighted by atomic mass is 16.3. The molecule has 0 saturated carbocycles. The maximum absolute atomic E-state index is 9.66. The molecule has 2 atom stereocenters. The van der Waals surface area contributed by atoms with E-state index in [1.807, 2.05) is 11.8 Å². The first-order chi connectivity index (χ1) is 8.08.